The Morgan fingerprint density at radius 2 is 2.04 bits per heavy atom. The molecule has 1 aromatic carbocycles. The first-order valence-corrected chi connectivity index (χ1v) is 8.93. The van der Waals surface area contributed by atoms with Crippen LogP contribution in [0.1, 0.15) is 56.0 Å². The zero-order valence-electron chi connectivity index (χ0n) is 14.1. The Labute approximate surface area is 142 Å². The first-order valence-electron chi connectivity index (χ1n) is 8.93. The molecular formula is C19H23N3O2. The fourth-order valence-corrected chi connectivity index (χ4v) is 3.97. The van der Waals surface area contributed by atoms with Gasteiger partial charge in [0, 0.05) is 18.0 Å². The van der Waals surface area contributed by atoms with Gasteiger partial charge >= 0.3 is 0 Å². The maximum Gasteiger partial charge on any atom is 0.249 e. The Morgan fingerprint density at radius 3 is 2.83 bits per heavy atom. The molecule has 1 unspecified atom stereocenters. The van der Waals surface area contributed by atoms with Crippen LogP contribution >= 0.6 is 0 Å². The molecule has 1 aromatic heterocycles. The standard InChI is InChI=1S/C19H23N3O2/c1-13-6-4-9-15(12-13)17-20-18(24-21-17)16-10-5-11-22(16)19(23)14-7-2-3-8-14/h4,6,9,12,14,16H,2-3,5,7-8,10-11H2,1H3. The third-order valence-corrected chi connectivity index (χ3v) is 5.24. The summed E-state index contributed by atoms with van der Waals surface area (Å²) in [7, 11) is 0. The van der Waals surface area contributed by atoms with Crippen LogP contribution in [0.4, 0.5) is 0 Å². The molecule has 4 rings (SSSR count). The van der Waals surface area contributed by atoms with Crippen molar-refractivity contribution < 1.29 is 9.32 Å². The molecule has 0 bridgehead atoms. The van der Waals surface area contributed by atoms with Gasteiger partial charge in [0.1, 0.15) is 6.04 Å². The van der Waals surface area contributed by atoms with Gasteiger partial charge < -0.3 is 9.42 Å². The summed E-state index contributed by atoms with van der Waals surface area (Å²) in [6.07, 6.45) is 6.32. The number of amides is 1. The third kappa shape index (κ3) is 2.83. The summed E-state index contributed by atoms with van der Waals surface area (Å²) in [5.41, 5.74) is 2.12. The van der Waals surface area contributed by atoms with Gasteiger partial charge in [-0.1, -0.05) is 41.8 Å². The summed E-state index contributed by atoms with van der Waals surface area (Å²) in [6, 6.07) is 8.02. The van der Waals surface area contributed by atoms with Crippen molar-refractivity contribution in [3.63, 3.8) is 0 Å². The normalized spacial score (nSPS) is 21.5. The number of carbonyl (C=O) groups is 1. The monoisotopic (exact) mass is 325 g/mol. The van der Waals surface area contributed by atoms with Crippen molar-refractivity contribution in [1.82, 2.24) is 15.0 Å². The molecule has 5 heteroatoms. The molecule has 5 nitrogen and oxygen atoms in total. The minimum absolute atomic E-state index is 0.0517. The van der Waals surface area contributed by atoms with Gasteiger partial charge in [-0.2, -0.15) is 4.98 Å². The Kier molecular flexibility index (Phi) is 4.08. The van der Waals surface area contributed by atoms with Crippen molar-refractivity contribution in [2.75, 3.05) is 6.54 Å². The van der Waals surface area contributed by atoms with Gasteiger partial charge in [-0.3, -0.25) is 4.79 Å². The second kappa shape index (κ2) is 6.38. The molecule has 2 aliphatic rings. The Hall–Kier alpha value is -2.17. The second-order valence-corrected chi connectivity index (χ2v) is 7.00. The number of aryl methyl sites for hydroxylation is 1. The van der Waals surface area contributed by atoms with Crippen molar-refractivity contribution in [2.24, 2.45) is 5.92 Å². The number of hydrogen-bond acceptors (Lipinski definition) is 4. The van der Waals surface area contributed by atoms with Crippen LogP contribution in [0.2, 0.25) is 0 Å². The number of nitrogens with zero attached hydrogens (tertiary/aromatic N) is 3. The Balaban J connectivity index is 1.55. The highest BCUT2D eigenvalue weighted by molar-refractivity contribution is 5.79. The van der Waals surface area contributed by atoms with Gasteiger partial charge in [-0.15, -0.1) is 0 Å². The average molecular weight is 325 g/mol. The van der Waals surface area contributed by atoms with E-state index in [1.54, 1.807) is 0 Å². The quantitative estimate of drug-likeness (QED) is 0.859. The van der Waals surface area contributed by atoms with Crippen molar-refractivity contribution >= 4 is 5.91 Å². The van der Waals surface area contributed by atoms with E-state index in [9.17, 15) is 4.79 Å². The summed E-state index contributed by atoms with van der Waals surface area (Å²) >= 11 is 0. The zero-order chi connectivity index (χ0) is 16.5. The summed E-state index contributed by atoms with van der Waals surface area (Å²) < 4.78 is 5.53. The lowest BCUT2D eigenvalue weighted by Gasteiger charge is -2.24. The molecule has 1 amide bonds. The predicted molar refractivity (Wildman–Crippen MR) is 90.1 cm³/mol. The van der Waals surface area contributed by atoms with Crippen LogP contribution in [0.3, 0.4) is 0 Å². The second-order valence-electron chi connectivity index (χ2n) is 7.00. The SMILES string of the molecule is Cc1cccc(-c2noc(C3CCCN3C(=O)C3CCCC3)n2)c1. The van der Waals surface area contributed by atoms with Crippen molar-refractivity contribution in [1.29, 1.82) is 0 Å². The lowest BCUT2D eigenvalue weighted by molar-refractivity contribution is -0.136. The van der Waals surface area contributed by atoms with Gasteiger partial charge in [0.2, 0.25) is 17.6 Å². The van der Waals surface area contributed by atoms with E-state index in [1.807, 2.05) is 36.1 Å². The van der Waals surface area contributed by atoms with Crippen LogP contribution in [-0.4, -0.2) is 27.5 Å². The fourth-order valence-electron chi connectivity index (χ4n) is 3.97. The molecule has 1 saturated heterocycles. The van der Waals surface area contributed by atoms with Crippen LogP contribution in [0.15, 0.2) is 28.8 Å². The highest BCUT2D eigenvalue weighted by atomic mass is 16.5. The van der Waals surface area contributed by atoms with Gasteiger partial charge in [0.25, 0.3) is 0 Å². The highest BCUT2D eigenvalue weighted by Crippen LogP contribution is 2.36. The first kappa shape index (κ1) is 15.4. The molecule has 24 heavy (non-hydrogen) atoms. The van der Waals surface area contributed by atoms with Crippen LogP contribution in [0.5, 0.6) is 0 Å². The van der Waals surface area contributed by atoms with Gasteiger partial charge in [-0.05, 0) is 38.7 Å². The maximum atomic E-state index is 12.8. The number of benzene rings is 1. The molecule has 0 N–H and O–H groups in total. The van der Waals surface area contributed by atoms with Crippen LogP contribution in [-0.2, 0) is 4.79 Å². The number of likely N-dealkylation sites (tertiary alicyclic amines) is 1. The van der Waals surface area contributed by atoms with Crippen LogP contribution < -0.4 is 0 Å². The fraction of sp³-hybridized carbons (Fsp3) is 0.526. The molecule has 2 heterocycles. The largest absolute Gasteiger partial charge is 0.337 e. The maximum absolute atomic E-state index is 12.8. The molecule has 1 aliphatic heterocycles. The van der Waals surface area contributed by atoms with Crippen molar-refractivity contribution in [3.05, 3.63) is 35.7 Å². The van der Waals surface area contributed by atoms with E-state index in [-0.39, 0.29) is 17.9 Å². The summed E-state index contributed by atoms with van der Waals surface area (Å²) in [6.45, 7) is 2.85. The lowest BCUT2D eigenvalue weighted by atomic mass is 10.1. The number of carbonyl (C=O) groups excluding carboxylic acids is 1. The Morgan fingerprint density at radius 1 is 1.21 bits per heavy atom. The predicted octanol–water partition coefficient (Wildman–Crippen LogP) is 3.90. The molecule has 126 valence electrons. The minimum atomic E-state index is -0.0517. The van der Waals surface area contributed by atoms with Gasteiger partial charge in [-0.25, -0.2) is 0 Å². The zero-order valence-corrected chi connectivity index (χ0v) is 14.1. The first-order chi connectivity index (χ1) is 11.7. The molecule has 1 atom stereocenters. The number of aromatic nitrogens is 2. The summed E-state index contributed by atoms with van der Waals surface area (Å²) in [4.78, 5) is 19.4. The molecule has 1 saturated carbocycles. The van der Waals surface area contributed by atoms with Crippen molar-refractivity contribution in [2.45, 2.75) is 51.5 Å². The third-order valence-electron chi connectivity index (χ3n) is 5.24. The van der Waals surface area contributed by atoms with E-state index in [1.165, 1.54) is 12.8 Å². The Bertz CT molecular complexity index is 734. The molecule has 1 aliphatic carbocycles. The summed E-state index contributed by atoms with van der Waals surface area (Å²) in [5, 5.41) is 4.14. The average Bonchev–Trinajstić information content (AvgIpc) is 3.33. The topological polar surface area (TPSA) is 59.2 Å². The van der Waals surface area contributed by atoms with E-state index >= 15 is 0 Å². The van der Waals surface area contributed by atoms with E-state index in [4.69, 9.17) is 4.52 Å². The van der Waals surface area contributed by atoms with E-state index < -0.39 is 0 Å². The van der Waals surface area contributed by atoms with Gasteiger partial charge in [0.15, 0.2) is 0 Å². The number of hydrogen-bond donors (Lipinski definition) is 0. The lowest BCUT2D eigenvalue weighted by Crippen LogP contribution is -2.35. The van der Waals surface area contributed by atoms with Crippen LogP contribution in [0.25, 0.3) is 11.4 Å². The van der Waals surface area contributed by atoms with E-state index in [2.05, 4.69) is 10.1 Å². The van der Waals surface area contributed by atoms with Crippen molar-refractivity contribution in [3.8, 4) is 11.4 Å². The van der Waals surface area contributed by atoms with Gasteiger partial charge in [0.05, 0.1) is 0 Å². The molecule has 2 fully saturated rings. The minimum Gasteiger partial charge on any atom is -0.337 e. The summed E-state index contributed by atoms with van der Waals surface area (Å²) in [5.74, 6) is 1.67. The van der Waals surface area contributed by atoms with E-state index in [0.29, 0.717) is 11.7 Å². The highest BCUT2D eigenvalue weighted by Gasteiger charge is 2.37. The smallest absolute Gasteiger partial charge is 0.249 e. The molecule has 2 aromatic rings. The molecule has 0 spiro atoms. The van der Waals surface area contributed by atoms with E-state index in [0.717, 1.165) is 43.4 Å². The van der Waals surface area contributed by atoms with Crippen LogP contribution in [0, 0.1) is 12.8 Å². The molecular weight excluding hydrogens is 302 g/mol. The number of rotatable bonds is 3. The molecule has 0 radical (unpaired) electrons.